The molecule has 0 aliphatic carbocycles. The highest BCUT2D eigenvalue weighted by Gasteiger charge is 2.37. The molecular weight excluding hydrogens is 310 g/mol. The normalized spacial score (nSPS) is 21.5. The third kappa shape index (κ3) is 2.77. The number of piperazine rings is 1. The third-order valence-corrected chi connectivity index (χ3v) is 6.83. The lowest BCUT2D eigenvalue weighted by molar-refractivity contribution is -0.122. The number of sulfonamides is 1. The standard InChI is InChI=1S/C10H14ClN3O3S2/c1-6-4-8(18-9(6)11)19(16,17)14-3-2-13-5-7(14)10(12)15/h4,7,13H,2-3,5H2,1H3,(H2,12,15). The molecule has 1 aliphatic heterocycles. The zero-order chi connectivity index (χ0) is 14.2. The highest BCUT2D eigenvalue weighted by Crippen LogP contribution is 2.32. The molecule has 2 rings (SSSR count). The SMILES string of the molecule is Cc1cc(S(=O)(=O)N2CCNCC2C(N)=O)sc1Cl. The molecule has 0 aromatic carbocycles. The van der Waals surface area contributed by atoms with Crippen LogP contribution in [0.1, 0.15) is 5.56 Å². The summed E-state index contributed by atoms with van der Waals surface area (Å²) in [6.45, 7) is 2.67. The van der Waals surface area contributed by atoms with Crippen LogP contribution in [0.4, 0.5) is 0 Å². The zero-order valence-corrected chi connectivity index (χ0v) is 12.6. The number of aryl methyl sites for hydroxylation is 1. The van der Waals surface area contributed by atoms with Gasteiger partial charge in [0.2, 0.25) is 5.91 Å². The van der Waals surface area contributed by atoms with Gasteiger partial charge in [-0.25, -0.2) is 8.42 Å². The van der Waals surface area contributed by atoms with Crippen molar-refractivity contribution in [3.8, 4) is 0 Å². The van der Waals surface area contributed by atoms with Crippen LogP contribution in [0.25, 0.3) is 0 Å². The number of nitrogens with two attached hydrogens (primary N) is 1. The molecule has 1 saturated heterocycles. The Morgan fingerprint density at radius 2 is 2.32 bits per heavy atom. The molecule has 0 spiro atoms. The molecular formula is C10H14ClN3O3S2. The molecule has 1 fully saturated rings. The van der Waals surface area contributed by atoms with Crippen molar-refractivity contribution in [1.82, 2.24) is 9.62 Å². The Morgan fingerprint density at radius 3 is 2.84 bits per heavy atom. The van der Waals surface area contributed by atoms with Crippen molar-refractivity contribution < 1.29 is 13.2 Å². The molecule has 0 saturated carbocycles. The number of carbonyl (C=O) groups is 1. The number of halogens is 1. The second-order valence-corrected chi connectivity index (χ2v) is 8.03. The Kier molecular flexibility index (Phi) is 4.17. The Bertz CT molecular complexity index is 580. The number of thiophene rings is 1. The van der Waals surface area contributed by atoms with Gasteiger partial charge in [0.1, 0.15) is 10.3 Å². The van der Waals surface area contributed by atoms with E-state index in [0.717, 1.165) is 15.6 Å². The van der Waals surface area contributed by atoms with E-state index in [1.165, 1.54) is 6.07 Å². The number of amides is 1. The summed E-state index contributed by atoms with van der Waals surface area (Å²) >= 11 is 6.90. The summed E-state index contributed by atoms with van der Waals surface area (Å²) < 4.78 is 26.7. The second-order valence-electron chi connectivity index (χ2n) is 4.26. The molecule has 106 valence electrons. The molecule has 1 atom stereocenters. The van der Waals surface area contributed by atoms with E-state index in [1.54, 1.807) is 6.92 Å². The largest absolute Gasteiger partial charge is 0.368 e. The van der Waals surface area contributed by atoms with Crippen LogP contribution < -0.4 is 11.1 Å². The van der Waals surface area contributed by atoms with Crippen LogP contribution in [-0.2, 0) is 14.8 Å². The molecule has 1 amide bonds. The van der Waals surface area contributed by atoms with Crippen molar-refractivity contribution in [2.45, 2.75) is 17.2 Å². The molecule has 1 unspecified atom stereocenters. The molecule has 2 heterocycles. The van der Waals surface area contributed by atoms with Crippen LogP contribution in [0.2, 0.25) is 4.34 Å². The lowest BCUT2D eigenvalue weighted by Gasteiger charge is -2.32. The first kappa shape index (κ1) is 14.7. The summed E-state index contributed by atoms with van der Waals surface area (Å²) in [6, 6.07) is 0.655. The minimum Gasteiger partial charge on any atom is -0.368 e. The number of nitrogens with one attached hydrogen (secondary N) is 1. The fourth-order valence-electron chi connectivity index (χ4n) is 1.89. The maximum absolute atomic E-state index is 12.5. The summed E-state index contributed by atoms with van der Waals surface area (Å²) in [5.74, 6) is -0.657. The van der Waals surface area contributed by atoms with Crippen LogP contribution in [0.5, 0.6) is 0 Å². The Labute approximate surface area is 120 Å². The van der Waals surface area contributed by atoms with Gasteiger partial charge in [-0.05, 0) is 18.6 Å². The first-order chi connectivity index (χ1) is 8.84. The molecule has 1 aromatic heterocycles. The van der Waals surface area contributed by atoms with Crippen LogP contribution in [0.15, 0.2) is 10.3 Å². The maximum atomic E-state index is 12.5. The minimum atomic E-state index is -3.73. The lowest BCUT2D eigenvalue weighted by Crippen LogP contribution is -2.58. The lowest BCUT2D eigenvalue weighted by atomic mass is 10.2. The van der Waals surface area contributed by atoms with Gasteiger partial charge in [-0.3, -0.25) is 4.79 Å². The average Bonchev–Trinajstić information content (AvgIpc) is 2.70. The van der Waals surface area contributed by atoms with Gasteiger partial charge in [0, 0.05) is 19.6 Å². The molecule has 0 radical (unpaired) electrons. The first-order valence-electron chi connectivity index (χ1n) is 5.62. The van der Waals surface area contributed by atoms with Crippen molar-refractivity contribution in [3.05, 3.63) is 16.0 Å². The van der Waals surface area contributed by atoms with Crippen molar-refractivity contribution in [2.75, 3.05) is 19.6 Å². The maximum Gasteiger partial charge on any atom is 0.253 e. The number of rotatable bonds is 3. The van der Waals surface area contributed by atoms with Crippen LogP contribution in [-0.4, -0.2) is 44.3 Å². The quantitative estimate of drug-likeness (QED) is 0.828. The van der Waals surface area contributed by atoms with Crippen molar-refractivity contribution >= 4 is 38.9 Å². The summed E-state index contributed by atoms with van der Waals surface area (Å²) in [7, 11) is -3.73. The number of carbonyl (C=O) groups excluding carboxylic acids is 1. The highest BCUT2D eigenvalue weighted by atomic mass is 35.5. The number of hydrogen-bond acceptors (Lipinski definition) is 5. The van der Waals surface area contributed by atoms with E-state index in [2.05, 4.69) is 5.32 Å². The van der Waals surface area contributed by atoms with Crippen LogP contribution >= 0.6 is 22.9 Å². The van der Waals surface area contributed by atoms with Crippen LogP contribution in [0, 0.1) is 6.92 Å². The van der Waals surface area contributed by atoms with Crippen molar-refractivity contribution in [2.24, 2.45) is 5.73 Å². The van der Waals surface area contributed by atoms with Gasteiger partial charge in [0.15, 0.2) is 0 Å². The van der Waals surface area contributed by atoms with E-state index in [0.29, 0.717) is 16.4 Å². The minimum absolute atomic E-state index is 0.142. The summed E-state index contributed by atoms with van der Waals surface area (Å²) in [6.07, 6.45) is 0. The fourth-order valence-corrected chi connectivity index (χ4v) is 5.32. The number of hydrogen-bond donors (Lipinski definition) is 2. The molecule has 0 bridgehead atoms. The van der Waals surface area contributed by atoms with Gasteiger partial charge in [-0.15, -0.1) is 11.3 Å². The highest BCUT2D eigenvalue weighted by molar-refractivity contribution is 7.91. The van der Waals surface area contributed by atoms with E-state index in [1.807, 2.05) is 0 Å². The topological polar surface area (TPSA) is 92.5 Å². The van der Waals surface area contributed by atoms with Crippen LogP contribution in [0.3, 0.4) is 0 Å². The first-order valence-corrected chi connectivity index (χ1v) is 8.25. The van der Waals surface area contributed by atoms with E-state index < -0.39 is 22.0 Å². The fraction of sp³-hybridized carbons (Fsp3) is 0.500. The number of nitrogens with zero attached hydrogens (tertiary/aromatic N) is 1. The third-order valence-electron chi connectivity index (χ3n) is 2.92. The van der Waals surface area contributed by atoms with Gasteiger partial charge < -0.3 is 11.1 Å². The number of primary amides is 1. The van der Waals surface area contributed by atoms with Gasteiger partial charge in [0.05, 0.1) is 4.34 Å². The van der Waals surface area contributed by atoms with E-state index >= 15 is 0 Å². The zero-order valence-electron chi connectivity index (χ0n) is 10.2. The van der Waals surface area contributed by atoms with Crippen molar-refractivity contribution in [1.29, 1.82) is 0 Å². The second kappa shape index (κ2) is 5.37. The molecule has 6 nitrogen and oxygen atoms in total. The summed E-state index contributed by atoms with van der Waals surface area (Å²) in [5.41, 5.74) is 5.96. The Balaban J connectivity index is 2.39. The summed E-state index contributed by atoms with van der Waals surface area (Å²) in [5, 5.41) is 2.96. The predicted molar refractivity (Wildman–Crippen MR) is 73.8 cm³/mol. The molecule has 1 aliphatic rings. The van der Waals surface area contributed by atoms with E-state index in [4.69, 9.17) is 17.3 Å². The summed E-state index contributed by atoms with van der Waals surface area (Å²) in [4.78, 5) is 11.4. The van der Waals surface area contributed by atoms with Gasteiger partial charge in [-0.2, -0.15) is 4.31 Å². The Morgan fingerprint density at radius 1 is 1.63 bits per heavy atom. The van der Waals surface area contributed by atoms with Gasteiger partial charge >= 0.3 is 0 Å². The van der Waals surface area contributed by atoms with E-state index in [9.17, 15) is 13.2 Å². The molecule has 9 heteroatoms. The molecule has 3 N–H and O–H groups in total. The molecule has 1 aromatic rings. The van der Waals surface area contributed by atoms with Crippen molar-refractivity contribution in [3.63, 3.8) is 0 Å². The monoisotopic (exact) mass is 323 g/mol. The van der Waals surface area contributed by atoms with E-state index in [-0.39, 0.29) is 17.3 Å². The van der Waals surface area contributed by atoms with Gasteiger partial charge in [0.25, 0.3) is 10.0 Å². The van der Waals surface area contributed by atoms with Gasteiger partial charge in [-0.1, -0.05) is 11.6 Å². The average molecular weight is 324 g/mol. The molecule has 19 heavy (non-hydrogen) atoms. The Hall–Kier alpha value is -0.670. The smallest absolute Gasteiger partial charge is 0.253 e. The predicted octanol–water partition coefficient (Wildman–Crippen LogP) is 0.158.